The Hall–Kier alpha value is -2.90. The summed E-state index contributed by atoms with van der Waals surface area (Å²) in [5, 5.41) is 21.7. The van der Waals surface area contributed by atoms with E-state index in [4.69, 9.17) is 24.3 Å². The van der Waals surface area contributed by atoms with Crippen molar-refractivity contribution in [3.8, 4) is 5.75 Å². The van der Waals surface area contributed by atoms with Gasteiger partial charge in [-0.3, -0.25) is 13.9 Å². The van der Waals surface area contributed by atoms with E-state index in [1.807, 2.05) is 0 Å². The first-order chi connectivity index (χ1) is 18.2. The molecule has 7 atom stereocenters. The fraction of sp³-hybridized carbons (Fsp3) is 0.542. The number of hydrogen-bond acceptors (Lipinski definition) is 11. The highest BCUT2D eigenvalue weighted by Crippen LogP contribution is 2.53. The number of para-hydroxylation sites is 1. The molecule has 0 spiro atoms. The SMILES string of the molecule is CC(C)OC(=O)[C@H](C)C[P@@](=O)(Oc1ccccc1)O[C@@H](C)[C@H]1O[C@@H](n2cc(F)c(N)nc2=O)C(O)(CF)[C@H]1O. The van der Waals surface area contributed by atoms with E-state index in [0.717, 1.165) is 0 Å². The van der Waals surface area contributed by atoms with Crippen molar-refractivity contribution in [2.75, 3.05) is 18.6 Å². The zero-order chi connectivity index (χ0) is 29.1. The van der Waals surface area contributed by atoms with E-state index >= 15 is 0 Å². The molecule has 39 heavy (non-hydrogen) atoms. The number of nitrogens with two attached hydrogens (primary N) is 1. The monoisotopic (exact) mass is 575 g/mol. The average Bonchev–Trinajstić information content (AvgIpc) is 3.12. The molecule has 1 saturated heterocycles. The van der Waals surface area contributed by atoms with Gasteiger partial charge in [-0.25, -0.2) is 18.1 Å². The van der Waals surface area contributed by atoms with Gasteiger partial charge in [0.15, 0.2) is 23.5 Å². The lowest BCUT2D eigenvalue weighted by molar-refractivity contribution is -0.151. The molecule has 0 bridgehead atoms. The number of carbonyl (C=O) groups is 1. The molecule has 2 heterocycles. The van der Waals surface area contributed by atoms with Gasteiger partial charge in [0.2, 0.25) is 0 Å². The fourth-order valence-corrected chi connectivity index (χ4v) is 6.12. The third-order valence-corrected chi connectivity index (χ3v) is 8.10. The van der Waals surface area contributed by atoms with Crippen molar-refractivity contribution in [1.29, 1.82) is 0 Å². The number of anilines is 1. The van der Waals surface area contributed by atoms with Gasteiger partial charge in [-0.1, -0.05) is 25.1 Å². The van der Waals surface area contributed by atoms with Crippen molar-refractivity contribution in [3.05, 3.63) is 52.8 Å². The number of benzene rings is 1. The lowest BCUT2D eigenvalue weighted by Crippen LogP contribution is -2.51. The topological polar surface area (TPSA) is 172 Å². The molecule has 2 aromatic rings. The van der Waals surface area contributed by atoms with E-state index < -0.39 is 85.9 Å². The van der Waals surface area contributed by atoms with Gasteiger partial charge in [-0.05, 0) is 32.9 Å². The Morgan fingerprint density at radius 3 is 2.51 bits per heavy atom. The second-order valence-corrected chi connectivity index (χ2v) is 11.6. The standard InChI is InChI=1S/C24H32F2N3O9P/c1-13(2)35-21(31)14(3)11-39(34,38-16-8-6-5-7-9-16)37-15(4)18-19(30)24(33,12-25)22(36-18)29-10-17(26)20(27)28-23(29)32/h5-10,13-15,18-19,22,30,33H,11-12H2,1-4H3,(H2,27,28,32)/t14-,15+,18-,19+,22-,24?,39+/m1/s1. The summed E-state index contributed by atoms with van der Waals surface area (Å²) >= 11 is 0. The minimum absolute atomic E-state index is 0.151. The summed E-state index contributed by atoms with van der Waals surface area (Å²) in [5.74, 6) is -3.32. The number of rotatable bonds is 11. The molecule has 1 aliphatic rings. The van der Waals surface area contributed by atoms with Gasteiger partial charge in [0.25, 0.3) is 0 Å². The number of aromatic nitrogens is 2. The number of nitrogen functional groups attached to an aromatic ring is 1. The van der Waals surface area contributed by atoms with E-state index in [-0.39, 0.29) is 5.75 Å². The Bertz CT molecular complexity index is 1270. The van der Waals surface area contributed by atoms with Crippen LogP contribution in [0.3, 0.4) is 0 Å². The molecule has 1 aliphatic heterocycles. The van der Waals surface area contributed by atoms with E-state index in [1.54, 1.807) is 32.0 Å². The maximum absolute atomic E-state index is 14.1. The first kappa shape index (κ1) is 30.6. The molecule has 1 fully saturated rings. The van der Waals surface area contributed by atoms with Crippen LogP contribution in [0.4, 0.5) is 14.6 Å². The summed E-state index contributed by atoms with van der Waals surface area (Å²) in [6.07, 6.45) is -7.25. The lowest BCUT2D eigenvalue weighted by atomic mass is 9.93. The van der Waals surface area contributed by atoms with E-state index in [9.17, 15) is 33.1 Å². The molecule has 0 aliphatic carbocycles. The van der Waals surface area contributed by atoms with Crippen molar-refractivity contribution in [3.63, 3.8) is 0 Å². The third-order valence-electron chi connectivity index (χ3n) is 5.97. The van der Waals surface area contributed by atoms with Crippen LogP contribution in [-0.2, 0) is 23.4 Å². The minimum Gasteiger partial charge on any atom is -0.463 e. The molecule has 1 aromatic heterocycles. The summed E-state index contributed by atoms with van der Waals surface area (Å²) in [5.41, 5.74) is 1.37. The summed E-state index contributed by atoms with van der Waals surface area (Å²) in [6.45, 7) is 4.46. The molecular formula is C24H32F2N3O9P. The molecule has 12 nitrogen and oxygen atoms in total. The Balaban J connectivity index is 1.91. The smallest absolute Gasteiger partial charge is 0.380 e. The van der Waals surface area contributed by atoms with E-state index in [0.29, 0.717) is 10.8 Å². The lowest BCUT2D eigenvalue weighted by Gasteiger charge is -2.30. The van der Waals surface area contributed by atoms with Gasteiger partial charge >= 0.3 is 19.3 Å². The summed E-state index contributed by atoms with van der Waals surface area (Å²) in [6, 6.07) is 7.94. The molecular weight excluding hydrogens is 543 g/mol. The summed E-state index contributed by atoms with van der Waals surface area (Å²) in [4.78, 5) is 28.0. The number of ether oxygens (including phenoxy) is 2. The van der Waals surface area contributed by atoms with Crippen LogP contribution in [0.15, 0.2) is 41.3 Å². The molecule has 1 aromatic carbocycles. The zero-order valence-corrected chi connectivity index (χ0v) is 22.7. The fourth-order valence-electron chi connectivity index (χ4n) is 4.03. The van der Waals surface area contributed by atoms with Crippen LogP contribution in [0.5, 0.6) is 5.75 Å². The minimum atomic E-state index is -4.22. The number of alkyl halides is 1. The number of halogens is 2. The first-order valence-corrected chi connectivity index (χ1v) is 13.8. The Kier molecular flexibility index (Phi) is 9.50. The van der Waals surface area contributed by atoms with Crippen molar-refractivity contribution >= 4 is 19.4 Å². The van der Waals surface area contributed by atoms with Crippen LogP contribution < -0.4 is 15.9 Å². The number of nitrogens with zero attached hydrogens (tertiary/aromatic N) is 2. The normalized spacial score (nSPS) is 26.1. The molecule has 4 N–H and O–H groups in total. The Morgan fingerprint density at radius 2 is 1.92 bits per heavy atom. The zero-order valence-electron chi connectivity index (χ0n) is 21.8. The van der Waals surface area contributed by atoms with Crippen LogP contribution >= 0.6 is 7.60 Å². The van der Waals surface area contributed by atoms with Gasteiger partial charge < -0.3 is 29.9 Å². The summed E-state index contributed by atoms with van der Waals surface area (Å²) < 4.78 is 64.7. The van der Waals surface area contributed by atoms with Gasteiger partial charge in [0.05, 0.1) is 30.5 Å². The number of aliphatic hydroxyl groups is 2. The van der Waals surface area contributed by atoms with Crippen molar-refractivity contribution in [2.45, 2.75) is 63.9 Å². The average molecular weight is 576 g/mol. The van der Waals surface area contributed by atoms with Gasteiger partial charge in [-0.15, -0.1) is 0 Å². The molecule has 1 unspecified atom stereocenters. The van der Waals surface area contributed by atoms with Crippen LogP contribution in [0.25, 0.3) is 0 Å². The van der Waals surface area contributed by atoms with Gasteiger partial charge in [-0.2, -0.15) is 4.98 Å². The maximum atomic E-state index is 14.1. The third kappa shape index (κ3) is 6.82. The first-order valence-electron chi connectivity index (χ1n) is 12.1. The largest absolute Gasteiger partial charge is 0.463 e. The van der Waals surface area contributed by atoms with E-state index in [2.05, 4.69) is 4.98 Å². The number of carbonyl (C=O) groups excluding carboxylic acids is 1. The highest BCUT2D eigenvalue weighted by atomic mass is 31.2. The molecule has 0 radical (unpaired) electrons. The van der Waals surface area contributed by atoms with Crippen LogP contribution in [0.1, 0.15) is 33.9 Å². The number of esters is 1. The second kappa shape index (κ2) is 12.1. The van der Waals surface area contributed by atoms with Gasteiger partial charge in [0, 0.05) is 0 Å². The molecule has 0 amide bonds. The maximum Gasteiger partial charge on any atom is 0.380 e. The molecule has 216 valence electrons. The molecule has 3 rings (SSSR count). The Labute approximate surface area is 223 Å². The van der Waals surface area contributed by atoms with Crippen molar-refractivity contribution < 1.29 is 46.9 Å². The number of hydrogen-bond donors (Lipinski definition) is 3. The second-order valence-electron chi connectivity index (χ2n) is 9.58. The van der Waals surface area contributed by atoms with Crippen molar-refractivity contribution in [2.24, 2.45) is 5.92 Å². The number of aliphatic hydroxyl groups excluding tert-OH is 1. The molecule has 0 saturated carbocycles. The Morgan fingerprint density at radius 1 is 1.28 bits per heavy atom. The predicted octanol–water partition coefficient (Wildman–Crippen LogP) is 2.19. The van der Waals surface area contributed by atoms with E-state index in [1.165, 1.54) is 26.0 Å². The summed E-state index contributed by atoms with van der Waals surface area (Å²) in [7, 11) is -4.22. The van der Waals surface area contributed by atoms with Crippen LogP contribution in [-0.4, -0.2) is 68.6 Å². The quantitative estimate of drug-likeness (QED) is 0.265. The highest BCUT2D eigenvalue weighted by Gasteiger charge is 2.59. The predicted molar refractivity (Wildman–Crippen MR) is 134 cm³/mol. The van der Waals surface area contributed by atoms with Crippen molar-refractivity contribution in [1.82, 2.24) is 9.55 Å². The highest BCUT2D eigenvalue weighted by molar-refractivity contribution is 7.54. The van der Waals surface area contributed by atoms with Crippen LogP contribution in [0, 0.1) is 11.7 Å². The van der Waals surface area contributed by atoms with Crippen LogP contribution in [0.2, 0.25) is 0 Å². The van der Waals surface area contributed by atoms with Gasteiger partial charge in [0.1, 0.15) is 24.6 Å². The molecule has 15 heteroatoms.